The maximum absolute atomic E-state index is 11.8. The zero-order valence-electron chi connectivity index (χ0n) is 7.88. The van der Waals surface area contributed by atoms with Gasteiger partial charge in [-0.25, -0.2) is 8.42 Å². The van der Waals surface area contributed by atoms with Gasteiger partial charge in [0.15, 0.2) is 9.84 Å². The topological polar surface area (TPSA) is 60.2 Å². The normalized spacial score (nSPS) is 30.7. The van der Waals surface area contributed by atoms with Crippen LogP contribution in [0.25, 0.3) is 0 Å². The number of alkyl halides is 3. The van der Waals surface area contributed by atoms with Crippen LogP contribution >= 0.6 is 11.8 Å². The number of hydrogen-bond acceptors (Lipinski definition) is 4. The van der Waals surface area contributed by atoms with Gasteiger partial charge < -0.3 is 5.73 Å². The third-order valence-corrected chi connectivity index (χ3v) is 4.86. The van der Waals surface area contributed by atoms with E-state index in [0.717, 1.165) is 0 Å². The van der Waals surface area contributed by atoms with Crippen molar-refractivity contribution in [1.29, 1.82) is 0 Å². The minimum Gasteiger partial charge on any atom is -0.324 e. The van der Waals surface area contributed by atoms with Gasteiger partial charge in [0.2, 0.25) is 0 Å². The van der Waals surface area contributed by atoms with Crippen LogP contribution in [0.2, 0.25) is 0 Å². The Balaban J connectivity index is 2.40. The number of hydrogen-bond donors (Lipinski definition) is 1. The third kappa shape index (κ3) is 4.60. The summed E-state index contributed by atoms with van der Waals surface area (Å²) in [5, 5.41) is 0. The molecular formula is C7H12F3NO2S2. The van der Waals surface area contributed by atoms with Gasteiger partial charge in [-0.1, -0.05) is 11.8 Å². The molecule has 3 nitrogen and oxygen atoms in total. The molecule has 1 atom stereocenters. The van der Waals surface area contributed by atoms with E-state index in [1.165, 1.54) is 0 Å². The molecule has 1 aliphatic rings. The van der Waals surface area contributed by atoms with Crippen LogP contribution in [0.3, 0.4) is 0 Å². The van der Waals surface area contributed by atoms with Crippen LogP contribution in [-0.2, 0) is 9.84 Å². The number of thioether (sulfide) groups is 1. The fraction of sp³-hybridized carbons (Fsp3) is 1.00. The molecule has 1 saturated heterocycles. The molecule has 1 fully saturated rings. The Bertz CT molecular complexity index is 328. The monoisotopic (exact) mass is 263 g/mol. The average Bonchev–Trinajstić information content (AvgIpc) is 2.23. The molecule has 2 N–H and O–H groups in total. The van der Waals surface area contributed by atoms with Gasteiger partial charge in [-0.3, -0.25) is 0 Å². The van der Waals surface area contributed by atoms with E-state index in [0.29, 0.717) is 0 Å². The van der Waals surface area contributed by atoms with E-state index in [4.69, 9.17) is 5.73 Å². The quantitative estimate of drug-likeness (QED) is 0.829. The Hall–Kier alpha value is 0.0500. The maximum atomic E-state index is 11.8. The fourth-order valence-corrected chi connectivity index (χ4v) is 4.27. The average molecular weight is 263 g/mol. The van der Waals surface area contributed by atoms with Crippen molar-refractivity contribution in [2.24, 2.45) is 5.73 Å². The molecule has 0 bridgehead atoms. The zero-order chi connectivity index (χ0) is 11.7. The molecule has 0 aromatic carbocycles. The molecule has 15 heavy (non-hydrogen) atoms. The van der Waals surface area contributed by atoms with Crippen molar-refractivity contribution in [3.63, 3.8) is 0 Å². The molecule has 0 spiro atoms. The number of sulfone groups is 1. The molecule has 1 heterocycles. The van der Waals surface area contributed by atoms with Crippen LogP contribution < -0.4 is 5.73 Å². The summed E-state index contributed by atoms with van der Waals surface area (Å²) >= 11 is -0.156. The molecule has 0 radical (unpaired) electrons. The highest BCUT2D eigenvalue weighted by atomic mass is 32.2. The van der Waals surface area contributed by atoms with Crippen molar-refractivity contribution in [3.8, 4) is 0 Å². The van der Waals surface area contributed by atoms with Gasteiger partial charge in [-0.15, -0.1) is 0 Å². The van der Waals surface area contributed by atoms with Crippen LogP contribution in [0.1, 0.15) is 12.8 Å². The summed E-state index contributed by atoms with van der Waals surface area (Å²) in [7, 11) is -3.14. The summed E-state index contributed by atoms with van der Waals surface area (Å²) in [5.74, 6) is -0.395. The summed E-state index contributed by atoms with van der Waals surface area (Å²) in [5.41, 5.74) is 0.473. The first-order valence-electron chi connectivity index (χ1n) is 4.32. The van der Waals surface area contributed by atoms with Crippen molar-refractivity contribution in [1.82, 2.24) is 0 Å². The molecule has 0 aromatic heterocycles. The predicted molar refractivity (Wildman–Crippen MR) is 53.3 cm³/mol. The maximum Gasteiger partial charge on any atom is 0.441 e. The molecule has 90 valence electrons. The first kappa shape index (κ1) is 13.1. The summed E-state index contributed by atoms with van der Waals surface area (Å²) < 4.78 is 57.6. The molecule has 0 amide bonds. The van der Waals surface area contributed by atoms with Gasteiger partial charge in [0, 0.05) is 11.3 Å². The molecule has 1 unspecified atom stereocenters. The Kier molecular flexibility index (Phi) is 3.62. The molecule has 1 aliphatic heterocycles. The summed E-state index contributed by atoms with van der Waals surface area (Å²) in [6, 6.07) is 0. The van der Waals surface area contributed by atoms with Crippen molar-refractivity contribution in [2.75, 3.05) is 17.3 Å². The first-order chi connectivity index (χ1) is 6.62. The van der Waals surface area contributed by atoms with Crippen LogP contribution in [0.5, 0.6) is 0 Å². The second kappa shape index (κ2) is 4.14. The molecule has 1 rings (SSSR count). The van der Waals surface area contributed by atoms with Gasteiger partial charge in [0.05, 0.1) is 11.5 Å². The van der Waals surface area contributed by atoms with E-state index in [2.05, 4.69) is 0 Å². The minimum atomic E-state index is -4.27. The van der Waals surface area contributed by atoms with E-state index in [1.54, 1.807) is 0 Å². The molecule has 0 aliphatic carbocycles. The van der Waals surface area contributed by atoms with Crippen molar-refractivity contribution in [3.05, 3.63) is 0 Å². The highest BCUT2D eigenvalue weighted by Gasteiger charge is 2.39. The molecular weight excluding hydrogens is 251 g/mol. The first-order valence-corrected chi connectivity index (χ1v) is 7.13. The van der Waals surface area contributed by atoms with Crippen LogP contribution in [0.4, 0.5) is 13.2 Å². The Labute approximate surface area is 90.5 Å². The van der Waals surface area contributed by atoms with Crippen molar-refractivity contribution >= 4 is 21.6 Å². The number of nitrogens with two attached hydrogens (primary N) is 1. The number of halogens is 3. The van der Waals surface area contributed by atoms with E-state index < -0.39 is 20.9 Å². The van der Waals surface area contributed by atoms with Crippen LogP contribution in [0.15, 0.2) is 0 Å². The Morgan fingerprint density at radius 1 is 1.40 bits per heavy atom. The van der Waals surface area contributed by atoms with Gasteiger partial charge in [-0.05, 0) is 12.8 Å². The molecule has 0 saturated carbocycles. The third-order valence-electron chi connectivity index (χ3n) is 2.28. The van der Waals surface area contributed by atoms with Crippen LogP contribution in [0, 0.1) is 0 Å². The standard InChI is InChI=1S/C7H12F3NO2S2/c8-7(9,10)14-3-1-6(11)2-4-15(12,13)5-6/h1-5,11H2. The second-order valence-corrected chi connectivity index (χ2v) is 7.09. The van der Waals surface area contributed by atoms with E-state index in [9.17, 15) is 21.6 Å². The fourth-order valence-electron chi connectivity index (χ4n) is 1.51. The SMILES string of the molecule is NC1(CCSC(F)(F)F)CCS(=O)(=O)C1. The van der Waals surface area contributed by atoms with Crippen LogP contribution in [-0.4, -0.2) is 36.7 Å². The summed E-state index contributed by atoms with van der Waals surface area (Å²) in [4.78, 5) is 0. The number of rotatable bonds is 3. The molecule has 0 aromatic rings. The minimum absolute atomic E-state index is 0.0137. The van der Waals surface area contributed by atoms with E-state index >= 15 is 0 Å². The highest BCUT2D eigenvalue weighted by molar-refractivity contribution is 8.00. The van der Waals surface area contributed by atoms with E-state index in [-0.39, 0.29) is 41.9 Å². The van der Waals surface area contributed by atoms with Crippen molar-refractivity contribution in [2.45, 2.75) is 23.9 Å². The predicted octanol–water partition coefficient (Wildman–Crippen LogP) is 1.15. The zero-order valence-corrected chi connectivity index (χ0v) is 9.51. The highest BCUT2D eigenvalue weighted by Crippen LogP contribution is 2.33. The van der Waals surface area contributed by atoms with Gasteiger partial charge in [0.1, 0.15) is 0 Å². The largest absolute Gasteiger partial charge is 0.441 e. The Morgan fingerprint density at radius 2 is 2.00 bits per heavy atom. The smallest absolute Gasteiger partial charge is 0.324 e. The van der Waals surface area contributed by atoms with Crippen molar-refractivity contribution < 1.29 is 21.6 Å². The molecule has 8 heteroatoms. The lowest BCUT2D eigenvalue weighted by Gasteiger charge is -2.21. The van der Waals surface area contributed by atoms with Gasteiger partial charge in [0.25, 0.3) is 0 Å². The lowest BCUT2D eigenvalue weighted by molar-refractivity contribution is -0.0328. The lowest BCUT2D eigenvalue weighted by atomic mass is 9.97. The summed E-state index contributed by atoms with van der Waals surface area (Å²) in [6.45, 7) is 0. The lowest BCUT2D eigenvalue weighted by Crippen LogP contribution is -2.41. The van der Waals surface area contributed by atoms with Gasteiger partial charge in [-0.2, -0.15) is 13.2 Å². The summed E-state index contributed by atoms with van der Waals surface area (Å²) in [6.07, 6.45) is 0.337. The Morgan fingerprint density at radius 3 is 2.40 bits per heavy atom. The van der Waals surface area contributed by atoms with Gasteiger partial charge >= 0.3 is 5.51 Å². The van der Waals surface area contributed by atoms with E-state index in [1.807, 2.05) is 0 Å². The second-order valence-electron chi connectivity index (χ2n) is 3.75.